The summed E-state index contributed by atoms with van der Waals surface area (Å²) < 4.78 is 15.6. The molecule has 0 amide bonds. The molecular formula is C8H12O5. The maximum atomic E-state index is 11.2. The molecule has 1 unspecified atom stereocenters. The van der Waals surface area contributed by atoms with E-state index in [9.17, 15) is 4.79 Å². The summed E-state index contributed by atoms with van der Waals surface area (Å²) in [4.78, 5) is 11.2. The molecule has 0 bridgehead atoms. The predicted molar refractivity (Wildman–Crippen MR) is 40.8 cm³/mol. The summed E-state index contributed by atoms with van der Waals surface area (Å²) in [5.41, 5.74) is 0. The van der Waals surface area contributed by atoms with Crippen LogP contribution in [0.2, 0.25) is 0 Å². The third-order valence-corrected chi connectivity index (χ3v) is 2.18. The Morgan fingerprint density at radius 3 is 2.77 bits per heavy atom. The molecule has 1 N–H and O–H groups in total. The number of hydrogen-bond donors (Lipinski definition) is 1. The van der Waals surface area contributed by atoms with Gasteiger partial charge in [0.25, 0.3) is 0 Å². The van der Waals surface area contributed by atoms with Gasteiger partial charge in [-0.25, -0.2) is 4.79 Å². The second kappa shape index (κ2) is 2.67. The van der Waals surface area contributed by atoms with Gasteiger partial charge in [0.2, 0.25) is 0 Å². The van der Waals surface area contributed by atoms with E-state index in [1.807, 2.05) is 0 Å². The van der Waals surface area contributed by atoms with E-state index in [1.54, 1.807) is 13.8 Å². The van der Waals surface area contributed by atoms with Crippen LogP contribution in [0.3, 0.4) is 0 Å². The highest BCUT2D eigenvalue weighted by Gasteiger charge is 2.55. The number of fused-ring (bicyclic) bond motifs is 1. The fourth-order valence-corrected chi connectivity index (χ4v) is 1.67. The predicted octanol–water partition coefficient (Wildman–Crippen LogP) is -0.576. The van der Waals surface area contributed by atoms with Crippen molar-refractivity contribution in [3.63, 3.8) is 0 Å². The molecule has 0 aromatic rings. The molecule has 5 nitrogen and oxygen atoms in total. The van der Waals surface area contributed by atoms with Crippen molar-refractivity contribution >= 4 is 5.97 Å². The standard InChI is InChI=1S/C8H12O5/c1-8(2)12-5-4(3-9)11-7(10)6(5)13-8/h4-6,9H,3H2,1-2H3/t4?,5-,6-/m1/s1. The lowest BCUT2D eigenvalue weighted by Crippen LogP contribution is -2.31. The van der Waals surface area contributed by atoms with Crippen molar-refractivity contribution in [2.75, 3.05) is 6.61 Å². The second-order valence-corrected chi connectivity index (χ2v) is 3.68. The number of ether oxygens (including phenoxy) is 3. The lowest BCUT2D eigenvalue weighted by atomic mass is 10.1. The van der Waals surface area contributed by atoms with Crippen molar-refractivity contribution in [2.45, 2.75) is 37.9 Å². The summed E-state index contributed by atoms with van der Waals surface area (Å²) in [7, 11) is 0. The molecule has 13 heavy (non-hydrogen) atoms. The smallest absolute Gasteiger partial charge is 0.338 e. The Morgan fingerprint density at radius 1 is 1.46 bits per heavy atom. The van der Waals surface area contributed by atoms with Crippen LogP contribution in [0.25, 0.3) is 0 Å². The van der Waals surface area contributed by atoms with Crippen LogP contribution in [0.1, 0.15) is 13.8 Å². The quantitative estimate of drug-likeness (QED) is 0.558. The van der Waals surface area contributed by atoms with Gasteiger partial charge in [0.05, 0.1) is 6.61 Å². The van der Waals surface area contributed by atoms with Crippen molar-refractivity contribution in [1.82, 2.24) is 0 Å². The number of rotatable bonds is 1. The van der Waals surface area contributed by atoms with Gasteiger partial charge >= 0.3 is 5.97 Å². The Labute approximate surface area is 75.6 Å². The maximum Gasteiger partial charge on any atom is 0.338 e. The van der Waals surface area contributed by atoms with E-state index in [1.165, 1.54) is 0 Å². The van der Waals surface area contributed by atoms with Crippen LogP contribution in [0.4, 0.5) is 0 Å². The number of aliphatic hydroxyl groups excluding tert-OH is 1. The first-order valence-corrected chi connectivity index (χ1v) is 4.20. The van der Waals surface area contributed by atoms with E-state index in [-0.39, 0.29) is 6.61 Å². The molecular weight excluding hydrogens is 176 g/mol. The molecule has 2 rings (SSSR count). The summed E-state index contributed by atoms with van der Waals surface area (Å²) in [6.45, 7) is 3.23. The largest absolute Gasteiger partial charge is 0.455 e. The van der Waals surface area contributed by atoms with Gasteiger partial charge in [-0.05, 0) is 13.8 Å². The molecule has 2 saturated heterocycles. The van der Waals surface area contributed by atoms with Crippen LogP contribution < -0.4 is 0 Å². The van der Waals surface area contributed by atoms with E-state index in [2.05, 4.69) is 0 Å². The molecule has 0 saturated carbocycles. The first-order chi connectivity index (χ1) is 6.03. The highest BCUT2D eigenvalue weighted by molar-refractivity contribution is 5.78. The molecule has 74 valence electrons. The molecule has 2 fully saturated rings. The number of aliphatic hydroxyl groups is 1. The van der Waals surface area contributed by atoms with E-state index in [4.69, 9.17) is 19.3 Å². The molecule has 0 aliphatic carbocycles. The van der Waals surface area contributed by atoms with Gasteiger partial charge < -0.3 is 19.3 Å². The Bertz CT molecular complexity index is 237. The van der Waals surface area contributed by atoms with E-state index in [0.717, 1.165) is 0 Å². The Kier molecular flexibility index (Phi) is 1.83. The first-order valence-electron chi connectivity index (χ1n) is 4.20. The zero-order valence-electron chi connectivity index (χ0n) is 7.52. The van der Waals surface area contributed by atoms with Crippen LogP contribution in [0.5, 0.6) is 0 Å². The molecule has 0 spiro atoms. The van der Waals surface area contributed by atoms with Crippen LogP contribution in [0, 0.1) is 0 Å². The van der Waals surface area contributed by atoms with Crippen molar-refractivity contribution in [1.29, 1.82) is 0 Å². The molecule has 0 aromatic carbocycles. The molecule has 2 heterocycles. The van der Waals surface area contributed by atoms with Gasteiger partial charge in [0.15, 0.2) is 18.0 Å². The summed E-state index contributed by atoms with van der Waals surface area (Å²) in [5, 5.41) is 8.89. The molecule has 2 aliphatic heterocycles. The van der Waals surface area contributed by atoms with Crippen molar-refractivity contribution in [2.24, 2.45) is 0 Å². The Morgan fingerprint density at radius 2 is 2.15 bits per heavy atom. The van der Waals surface area contributed by atoms with Gasteiger partial charge in [-0.2, -0.15) is 0 Å². The zero-order chi connectivity index (χ0) is 9.64. The van der Waals surface area contributed by atoms with Gasteiger partial charge in [0, 0.05) is 0 Å². The fourth-order valence-electron chi connectivity index (χ4n) is 1.67. The SMILES string of the molecule is CC1(C)O[C@@H]2C(CO)OC(=O)[C@@H]2O1. The highest BCUT2D eigenvalue weighted by Crippen LogP contribution is 2.35. The fraction of sp³-hybridized carbons (Fsp3) is 0.875. The summed E-state index contributed by atoms with van der Waals surface area (Å²) in [6.07, 6.45) is -1.72. The van der Waals surface area contributed by atoms with Crippen molar-refractivity contribution in [3.05, 3.63) is 0 Å². The molecule has 5 heteroatoms. The highest BCUT2D eigenvalue weighted by atomic mass is 16.8. The van der Waals surface area contributed by atoms with E-state index in [0.29, 0.717) is 0 Å². The third kappa shape index (κ3) is 1.33. The van der Waals surface area contributed by atoms with Crippen LogP contribution >= 0.6 is 0 Å². The third-order valence-electron chi connectivity index (χ3n) is 2.18. The van der Waals surface area contributed by atoms with Gasteiger partial charge in [-0.15, -0.1) is 0 Å². The number of carbonyl (C=O) groups is 1. The monoisotopic (exact) mass is 188 g/mol. The minimum Gasteiger partial charge on any atom is -0.455 e. The minimum atomic E-state index is -0.762. The van der Waals surface area contributed by atoms with Gasteiger partial charge in [0.1, 0.15) is 6.10 Å². The van der Waals surface area contributed by atoms with Crippen LogP contribution in [0.15, 0.2) is 0 Å². The maximum absolute atomic E-state index is 11.2. The molecule has 0 radical (unpaired) electrons. The summed E-state index contributed by atoms with van der Waals surface area (Å²) in [5.74, 6) is -1.21. The number of cyclic esters (lactones) is 1. The number of esters is 1. The lowest BCUT2D eigenvalue weighted by molar-refractivity contribution is -0.188. The normalized spacial score (nSPS) is 41.8. The lowest BCUT2D eigenvalue weighted by Gasteiger charge is -2.20. The Hall–Kier alpha value is -0.650. The van der Waals surface area contributed by atoms with Crippen molar-refractivity contribution in [3.8, 4) is 0 Å². The Balaban J connectivity index is 2.17. The molecule has 0 aromatic heterocycles. The second-order valence-electron chi connectivity index (χ2n) is 3.68. The minimum absolute atomic E-state index is 0.230. The van der Waals surface area contributed by atoms with Gasteiger partial charge in [-0.1, -0.05) is 0 Å². The number of carbonyl (C=O) groups excluding carboxylic acids is 1. The topological polar surface area (TPSA) is 65.0 Å². The molecule has 3 atom stereocenters. The van der Waals surface area contributed by atoms with E-state index >= 15 is 0 Å². The van der Waals surface area contributed by atoms with Gasteiger partial charge in [-0.3, -0.25) is 0 Å². The average molecular weight is 188 g/mol. The summed E-state index contributed by atoms with van der Waals surface area (Å²) in [6, 6.07) is 0. The molecule has 2 aliphatic rings. The zero-order valence-corrected chi connectivity index (χ0v) is 7.52. The summed E-state index contributed by atoms with van der Waals surface area (Å²) >= 11 is 0. The first kappa shape index (κ1) is 8.93. The average Bonchev–Trinajstić information content (AvgIpc) is 2.47. The van der Waals surface area contributed by atoms with Crippen LogP contribution in [-0.4, -0.2) is 41.8 Å². The van der Waals surface area contributed by atoms with Crippen molar-refractivity contribution < 1.29 is 24.1 Å². The van der Waals surface area contributed by atoms with E-state index < -0.39 is 30.1 Å². The number of hydrogen-bond acceptors (Lipinski definition) is 5. The van der Waals surface area contributed by atoms with Crippen LogP contribution in [-0.2, 0) is 19.0 Å².